The molecule has 0 atom stereocenters. The molecule has 0 fully saturated rings. The van der Waals surface area contributed by atoms with Crippen molar-refractivity contribution in [1.82, 2.24) is 9.13 Å². The number of rotatable bonds is 7. The summed E-state index contributed by atoms with van der Waals surface area (Å²) in [5.41, 5.74) is 6.29. The van der Waals surface area contributed by atoms with Crippen LogP contribution in [0.5, 0.6) is 0 Å². The van der Waals surface area contributed by atoms with Gasteiger partial charge in [0.2, 0.25) is 0 Å². The van der Waals surface area contributed by atoms with Crippen LogP contribution >= 0.6 is 0 Å². The largest absolute Gasteiger partial charge is 0.420 e. The lowest BCUT2D eigenvalue weighted by atomic mass is 9.97. The van der Waals surface area contributed by atoms with E-state index in [0.717, 1.165) is 12.1 Å². The Labute approximate surface area is 431 Å². The molecule has 0 aliphatic heterocycles. The number of nitriles is 2. The Bertz CT molecular complexity index is 4100. The molecule has 0 spiro atoms. The number of benzene rings is 10. The van der Waals surface area contributed by atoms with Gasteiger partial charge in [-0.3, -0.25) is 0 Å². The summed E-state index contributed by atoms with van der Waals surface area (Å²) in [5.74, 6) is -1.86. The zero-order chi connectivity index (χ0) is 52.4. The van der Waals surface area contributed by atoms with E-state index >= 15 is 22.0 Å². The van der Waals surface area contributed by atoms with E-state index in [9.17, 15) is 10.5 Å². The van der Waals surface area contributed by atoms with Gasteiger partial charge in [0.25, 0.3) is 0 Å². The summed E-state index contributed by atoms with van der Waals surface area (Å²) < 4.78 is 84.7. The fourth-order valence-corrected chi connectivity index (χ4v) is 10.7. The van der Waals surface area contributed by atoms with E-state index in [4.69, 9.17) is 13.1 Å². The molecule has 0 unspecified atom stereocenters. The number of aromatic nitrogens is 2. The fraction of sp³-hybridized carbons (Fsp3) is 0.0154. The summed E-state index contributed by atoms with van der Waals surface area (Å²) in [7, 11) is 0. The average Bonchev–Trinajstić information content (AvgIpc) is 3.96. The highest BCUT2D eigenvalue weighted by molar-refractivity contribution is 6.14. The van der Waals surface area contributed by atoms with Crippen LogP contribution in [0.2, 0.25) is 0 Å². The molecule has 10 aromatic carbocycles. The van der Waals surface area contributed by atoms with Gasteiger partial charge in [0, 0.05) is 27.6 Å². The number of alkyl halides is 3. The monoisotopic (exact) mass is 992 g/mol. The van der Waals surface area contributed by atoms with Gasteiger partial charge in [-0.25, -0.2) is 18.5 Å². The highest BCUT2D eigenvalue weighted by Gasteiger charge is 2.40. The summed E-state index contributed by atoms with van der Waals surface area (Å²) in [5, 5.41) is 22.4. The summed E-state index contributed by atoms with van der Waals surface area (Å²) in [6.07, 6.45) is -5.09. The van der Waals surface area contributed by atoms with Crippen molar-refractivity contribution in [2.75, 3.05) is 0 Å². The van der Waals surface area contributed by atoms with Crippen molar-refractivity contribution in [2.24, 2.45) is 0 Å². The predicted octanol–water partition coefficient (Wildman–Crippen LogP) is 18.4. The van der Waals surface area contributed by atoms with Gasteiger partial charge in [-0.2, -0.15) is 23.7 Å². The number of para-hydroxylation sites is 2. The van der Waals surface area contributed by atoms with Crippen molar-refractivity contribution in [1.29, 1.82) is 10.5 Å². The van der Waals surface area contributed by atoms with E-state index in [1.165, 1.54) is 21.3 Å². The van der Waals surface area contributed by atoms with Crippen LogP contribution in [0.4, 0.5) is 33.3 Å². The van der Waals surface area contributed by atoms with Crippen molar-refractivity contribution < 1.29 is 22.0 Å². The standard InChI is InChI=1S/C65H33F5N6/c1-73-56-17-9-7-15-50(56)40-21-25-60-54(31-40)52-29-38(48-13-5-3-11-42(48)36-71)19-23-58(52)75(60)62-33-45(44-27-46(66)35-47(67)28-44)34-63(64(62)65(68,69)70)76-59-24-20-39(49-14-6-4-12-43(49)37-72)30-53(59)55-32-41(22-26-61(55)76)51-16-8-10-18-57(51)74-2/h3-35H. The minimum absolute atomic E-state index is 0.0165. The quantitative estimate of drug-likeness (QED) is 0.118. The number of fused-ring (bicyclic) bond motifs is 6. The number of nitrogens with zero attached hydrogens (tertiary/aromatic N) is 6. The third kappa shape index (κ3) is 7.67. The van der Waals surface area contributed by atoms with E-state index in [1.54, 1.807) is 146 Å². The maximum absolute atomic E-state index is 17.0. The SMILES string of the molecule is [C-]#[N+]c1ccccc1-c1ccc2c(c1)c1cc(-c3ccccc3C#N)ccc1n2-c1cc(-c2cc(F)cc(F)c2)cc(-n2c3ccc(-c4ccccc4C#N)cc3c3cc(-c4ccccc4[N+]#[C-])ccc32)c1C(F)(F)F. The summed E-state index contributed by atoms with van der Waals surface area (Å²) in [6, 6.07) is 59.4. The Morgan fingerprint density at radius 3 is 1.07 bits per heavy atom. The number of hydrogen-bond donors (Lipinski definition) is 0. The van der Waals surface area contributed by atoms with Crippen molar-refractivity contribution >= 4 is 55.0 Å². The second-order valence-corrected chi connectivity index (χ2v) is 18.2. The molecule has 0 saturated carbocycles. The topological polar surface area (TPSA) is 66.2 Å². The Hall–Kier alpha value is -10.6. The highest BCUT2D eigenvalue weighted by Crippen LogP contribution is 2.48. The van der Waals surface area contributed by atoms with E-state index in [-0.39, 0.29) is 22.5 Å². The zero-order valence-electron chi connectivity index (χ0n) is 39.6. The van der Waals surface area contributed by atoms with Gasteiger partial charge in [0.1, 0.15) is 17.2 Å². The third-order valence-electron chi connectivity index (χ3n) is 14.0. The molecule has 12 rings (SSSR count). The molecule has 2 aromatic heterocycles. The average molecular weight is 993 g/mol. The number of halogens is 5. The summed E-state index contributed by atoms with van der Waals surface area (Å²) >= 11 is 0. The highest BCUT2D eigenvalue weighted by atomic mass is 19.4. The third-order valence-corrected chi connectivity index (χ3v) is 14.0. The minimum Gasteiger partial charge on any atom is -0.309 e. The first kappa shape index (κ1) is 46.5. The fourth-order valence-electron chi connectivity index (χ4n) is 10.7. The first-order valence-electron chi connectivity index (χ1n) is 23.8. The minimum atomic E-state index is -5.09. The molecule has 0 N–H and O–H groups in total. The van der Waals surface area contributed by atoms with Gasteiger partial charge >= 0.3 is 6.18 Å². The number of hydrogen-bond acceptors (Lipinski definition) is 2. The van der Waals surface area contributed by atoms with E-state index in [1.807, 2.05) is 24.3 Å². The second kappa shape index (κ2) is 18.2. The lowest BCUT2D eigenvalue weighted by Crippen LogP contribution is -2.16. The van der Waals surface area contributed by atoms with Gasteiger partial charge in [0.05, 0.1) is 69.9 Å². The second-order valence-electron chi connectivity index (χ2n) is 18.2. The van der Waals surface area contributed by atoms with Crippen molar-refractivity contribution in [3.05, 3.63) is 251 Å². The van der Waals surface area contributed by atoms with Crippen LogP contribution < -0.4 is 0 Å². The van der Waals surface area contributed by atoms with Crippen molar-refractivity contribution in [2.45, 2.75) is 6.18 Å². The lowest BCUT2D eigenvalue weighted by Gasteiger charge is -2.23. The maximum atomic E-state index is 17.0. The molecule has 2 heterocycles. The van der Waals surface area contributed by atoms with E-state index in [0.29, 0.717) is 117 Å². The van der Waals surface area contributed by atoms with Crippen LogP contribution in [0.15, 0.2) is 200 Å². The summed E-state index contributed by atoms with van der Waals surface area (Å²) in [6.45, 7) is 15.9. The normalized spacial score (nSPS) is 11.4. The Kier molecular flexibility index (Phi) is 11.1. The lowest BCUT2D eigenvalue weighted by molar-refractivity contribution is -0.137. The molecule has 6 nitrogen and oxygen atoms in total. The first-order valence-corrected chi connectivity index (χ1v) is 23.8. The molecule has 358 valence electrons. The molecule has 0 radical (unpaired) electrons. The predicted molar refractivity (Wildman–Crippen MR) is 289 cm³/mol. The molecule has 0 aliphatic carbocycles. The molecule has 0 aliphatic rings. The Balaban J connectivity index is 1.23. The molecule has 76 heavy (non-hydrogen) atoms. The van der Waals surface area contributed by atoms with Crippen LogP contribution in [-0.4, -0.2) is 9.13 Å². The van der Waals surface area contributed by atoms with Crippen molar-refractivity contribution in [3.8, 4) is 79.1 Å². The van der Waals surface area contributed by atoms with Crippen LogP contribution in [0.1, 0.15) is 16.7 Å². The molecular formula is C65H33F5N6. The molecule has 0 saturated heterocycles. The van der Waals surface area contributed by atoms with Gasteiger partial charge < -0.3 is 9.13 Å². The van der Waals surface area contributed by atoms with E-state index in [2.05, 4.69) is 21.8 Å². The van der Waals surface area contributed by atoms with Crippen molar-refractivity contribution in [3.63, 3.8) is 0 Å². The van der Waals surface area contributed by atoms with Gasteiger partial charge in [0.15, 0.2) is 11.4 Å². The smallest absolute Gasteiger partial charge is 0.309 e. The maximum Gasteiger partial charge on any atom is 0.420 e. The van der Waals surface area contributed by atoms with Crippen LogP contribution in [0.25, 0.3) is 120 Å². The molecule has 0 bridgehead atoms. The van der Waals surface area contributed by atoms with E-state index < -0.39 is 23.4 Å². The summed E-state index contributed by atoms with van der Waals surface area (Å²) in [4.78, 5) is 7.49. The van der Waals surface area contributed by atoms with Gasteiger partial charge in [-0.15, -0.1) is 0 Å². The molecule has 12 aromatic rings. The molecular weight excluding hydrogens is 960 g/mol. The van der Waals surface area contributed by atoms with Crippen LogP contribution in [0, 0.1) is 47.4 Å². The first-order chi connectivity index (χ1) is 37.0. The molecule has 0 amide bonds. The van der Waals surface area contributed by atoms with Gasteiger partial charge in [-0.1, -0.05) is 109 Å². The van der Waals surface area contributed by atoms with Gasteiger partial charge in [-0.05, 0) is 141 Å². The zero-order valence-corrected chi connectivity index (χ0v) is 39.6. The Morgan fingerprint density at radius 1 is 0.382 bits per heavy atom. The van der Waals surface area contributed by atoms with Crippen LogP contribution in [-0.2, 0) is 6.18 Å². The Morgan fingerprint density at radius 2 is 0.711 bits per heavy atom. The molecule has 11 heteroatoms. The van der Waals surface area contributed by atoms with Crippen LogP contribution in [0.3, 0.4) is 0 Å².